The predicted octanol–water partition coefficient (Wildman–Crippen LogP) is 1.37. The van der Waals surface area contributed by atoms with Crippen molar-refractivity contribution >= 4 is 9.84 Å². The lowest BCUT2D eigenvalue weighted by molar-refractivity contribution is 0.308. The van der Waals surface area contributed by atoms with E-state index in [0.717, 1.165) is 5.56 Å². The number of sulfone groups is 1. The van der Waals surface area contributed by atoms with Crippen LogP contribution in [0.25, 0.3) is 0 Å². The van der Waals surface area contributed by atoms with E-state index in [1.807, 2.05) is 25.1 Å². The average molecular weight is 299 g/mol. The van der Waals surface area contributed by atoms with Crippen LogP contribution in [-0.2, 0) is 16.4 Å². The quantitative estimate of drug-likeness (QED) is 0.859. The number of methoxy groups -OCH3 is 1. The molecule has 0 aliphatic carbocycles. The van der Waals surface area contributed by atoms with Gasteiger partial charge in [-0.1, -0.05) is 12.1 Å². The van der Waals surface area contributed by atoms with Crippen molar-refractivity contribution in [1.29, 1.82) is 0 Å². The summed E-state index contributed by atoms with van der Waals surface area (Å²) in [7, 11) is -1.24. The molecular formula is C14H21NO4S. The van der Waals surface area contributed by atoms with Crippen molar-refractivity contribution in [3.05, 3.63) is 23.8 Å². The molecule has 1 aliphatic heterocycles. The third kappa shape index (κ3) is 3.64. The first-order chi connectivity index (χ1) is 9.55. The number of nitrogens with one attached hydrogen (secondary N) is 1. The summed E-state index contributed by atoms with van der Waals surface area (Å²) in [6, 6.07) is 5.76. The van der Waals surface area contributed by atoms with Crippen LogP contribution in [0.5, 0.6) is 11.5 Å². The van der Waals surface area contributed by atoms with Crippen molar-refractivity contribution in [2.24, 2.45) is 0 Å². The van der Waals surface area contributed by atoms with E-state index in [-0.39, 0.29) is 17.5 Å². The first kappa shape index (κ1) is 15.1. The third-order valence-electron chi connectivity index (χ3n) is 3.38. The number of hydrogen-bond donors (Lipinski definition) is 1. The second-order valence-electron chi connectivity index (χ2n) is 4.86. The Hall–Kier alpha value is -1.27. The van der Waals surface area contributed by atoms with Crippen molar-refractivity contribution in [3.63, 3.8) is 0 Å². The summed E-state index contributed by atoms with van der Waals surface area (Å²) < 4.78 is 33.8. The highest BCUT2D eigenvalue weighted by molar-refractivity contribution is 7.91. The molecule has 1 atom stereocenters. The Morgan fingerprint density at radius 1 is 1.40 bits per heavy atom. The monoisotopic (exact) mass is 299 g/mol. The zero-order chi connectivity index (χ0) is 14.6. The molecule has 1 aliphatic rings. The van der Waals surface area contributed by atoms with Crippen LogP contribution >= 0.6 is 0 Å². The van der Waals surface area contributed by atoms with Crippen molar-refractivity contribution in [1.82, 2.24) is 5.32 Å². The lowest BCUT2D eigenvalue weighted by atomic mass is 10.1. The summed E-state index contributed by atoms with van der Waals surface area (Å²) >= 11 is 0. The van der Waals surface area contributed by atoms with Crippen molar-refractivity contribution < 1.29 is 17.9 Å². The van der Waals surface area contributed by atoms with Gasteiger partial charge in [-0.15, -0.1) is 0 Å². The fourth-order valence-electron chi connectivity index (χ4n) is 2.41. The lowest BCUT2D eigenvalue weighted by Gasteiger charge is -2.16. The van der Waals surface area contributed by atoms with Crippen molar-refractivity contribution in [2.75, 3.05) is 25.2 Å². The van der Waals surface area contributed by atoms with Crippen molar-refractivity contribution in [3.8, 4) is 11.5 Å². The molecule has 1 N–H and O–H groups in total. The Morgan fingerprint density at radius 3 is 2.80 bits per heavy atom. The van der Waals surface area contributed by atoms with Gasteiger partial charge in [0.15, 0.2) is 21.3 Å². The van der Waals surface area contributed by atoms with Gasteiger partial charge in [0.25, 0.3) is 0 Å². The first-order valence-electron chi connectivity index (χ1n) is 6.78. The van der Waals surface area contributed by atoms with Gasteiger partial charge in [-0.3, -0.25) is 0 Å². The van der Waals surface area contributed by atoms with Gasteiger partial charge >= 0.3 is 0 Å². The molecule has 1 aromatic rings. The largest absolute Gasteiger partial charge is 0.493 e. The average Bonchev–Trinajstić information content (AvgIpc) is 2.76. The van der Waals surface area contributed by atoms with Gasteiger partial charge in [0.05, 0.1) is 25.2 Å². The van der Waals surface area contributed by atoms with Crippen LogP contribution in [0.1, 0.15) is 18.9 Å². The van der Waals surface area contributed by atoms with E-state index in [9.17, 15) is 8.42 Å². The standard InChI is InChI=1S/C14H21NO4S/c1-3-19-13-6-4-5-11(14(13)18-2)9-15-12-7-8-20(16,17)10-12/h4-6,12,15H,3,7-10H2,1-2H3. The molecule has 0 saturated carbocycles. The Morgan fingerprint density at radius 2 is 2.20 bits per heavy atom. The molecule has 1 saturated heterocycles. The van der Waals surface area contributed by atoms with Gasteiger partial charge in [-0.25, -0.2) is 8.42 Å². The highest BCUT2D eigenvalue weighted by atomic mass is 32.2. The van der Waals surface area contributed by atoms with Crippen LogP contribution in [0.15, 0.2) is 18.2 Å². The van der Waals surface area contributed by atoms with E-state index in [1.54, 1.807) is 7.11 Å². The number of rotatable bonds is 6. The van der Waals surface area contributed by atoms with Crippen LogP contribution in [0.3, 0.4) is 0 Å². The van der Waals surface area contributed by atoms with E-state index >= 15 is 0 Å². The van der Waals surface area contributed by atoms with Gasteiger partial charge in [0.2, 0.25) is 0 Å². The van der Waals surface area contributed by atoms with Crippen LogP contribution in [-0.4, -0.2) is 39.7 Å². The maximum Gasteiger partial charge on any atom is 0.165 e. The maximum atomic E-state index is 11.4. The molecule has 6 heteroatoms. The molecule has 1 aromatic carbocycles. The van der Waals surface area contributed by atoms with E-state index < -0.39 is 9.84 Å². The Labute approximate surface area is 120 Å². The highest BCUT2D eigenvalue weighted by Crippen LogP contribution is 2.31. The minimum atomic E-state index is -2.85. The summed E-state index contributed by atoms with van der Waals surface area (Å²) in [5, 5.41) is 3.28. The summed E-state index contributed by atoms with van der Waals surface area (Å²) in [5.41, 5.74) is 0.975. The summed E-state index contributed by atoms with van der Waals surface area (Å²) in [4.78, 5) is 0. The van der Waals surface area contributed by atoms with Gasteiger partial charge in [-0.05, 0) is 19.4 Å². The second kappa shape index (κ2) is 6.45. The number of para-hydroxylation sites is 1. The van der Waals surface area contributed by atoms with E-state index in [0.29, 0.717) is 31.1 Å². The summed E-state index contributed by atoms with van der Waals surface area (Å²) in [6.07, 6.45) is 0.676. The summed E-state index contributed by atoms with van der Waals surface area (Å²) in [6.45, 7) is 3.08. The minimum Gasteiger partial charge on any atom is -0.493 e. The molecule has 1 heterocycles. The molecule has 0 bridgehead atoms. The zero-order valence-electron chi connectivity index (χ0n) is 11.9. The van der Waals surface area contributed by atoms with Gasteiger partial charge in [-0.2, -0.15) is 0 Å². The zero-order valence-corrected chi connectivity index (χ0v) is 12.7. The van der Waals surface area contributed by atoms with Gasteiger partial charge in [0.1, 0.15) is 0 Å². The normalized spacial score (nSPS) is 20.8. The second-order valence-corrected chi connectivity index (χ2v) is 7.09. The number of benzene rings is 1. The fourth-order valence-corrected chi connectivity index (χ4v) is 4.12. The number of hydrogen-bond acceptors (Lipinski definition) is 5. The van der Waals surface area contributed by atoms with Crippen LogP contribution in [0.2, 0.25) is 0 Å². The topological polar surface area (TPSA) is 64.6 Å². The highest BCUT2D eigenvalue weighted by Gasteiger charge is 2.27. The Bertz CT molecular complexity index is 556. The van der Waals surface area contributed by atoms with Crippen molar-refractivity contribution in [2.45, 2.75) is 25.9 Å². The number of ether oxygens (including phenoxy) is 2. The van der Waals surface area contributed by atoms with E-state index in [2.05, 4.69) is 5.32 Å². The van der Waals surface area contributed by atoms with Gasteiger partial charge in [0, 0.05) is 18.2 Å². The first-order valence-corrected chi connectivity index (χ1v) is 8.60. The molecule has 0 radical (unpaired) electrons. The van der Waals surface area contributed by atoms with E-state index in [1.165, 1.54) is 0 Å². The smallest absolute Gasteiger partial charge is 0.165 e. The molecule has 112 valence electrons. The van der Waals surface area contributed by atoms with Gasteiger partial charge < -0.3 is 14.8 Å². The van der Waals surface area contributed by atoms with Crippen LogP contribution < -0.4 is 14.8 Å². The minimum absolute atomic E-state index is 0.0282. The lowest BCUT2D eigenvalue weighted by Crippen LogP contribution is -2.29. The molecule has 0 aromatic heterocycles. The molecular weight excluding hydrogens is 278 g/mol. The molecule has 20 heavy (non-hydrogen) atoms. The molecule has 1 unspecified atom stereocenters. The van der Waals surface area contributed by atoms with E-state index in [4.69, 9.17) is 9.47 Å². The molecule has 2 rings (SSSR count). The fraction of sp³-hybridized carbons (Fsp3) is 0.571. The third-order valence-corrected chi connectivity index (χ3v) is 5.15. The molecule has 1 fully saturated rings. The van der Waals surface area contributed by atoms with Crippen LogP contribution in [0, 0.1) is 0 Å². The maximum absolute atomic E-state index is 11.4. The SMILES string of the molecule is CCOc1cccc(CNC2CCS(=O)(=O)C2)c1OC. The molecule has 0 amide bonds. The summed E-state index contributed by atoms with van der Waals surface area (Å²) in [5.74, 6) is 1.93. The Kier molecular flexibility index (Phi) is 4.88. The Balaban J connectivity index is 2.04. The predicted molar refractivity (Wildman–Crippen MR) is 78.1 cm³/mol. The molecule has 0 spiro atoms. The molecule has 5 nitrogen and oxygen atoms in total. The van der Waals surface area contributed by atoms with Crippen LogP contribution in [0.4, 0.5) is 0 Å².